The van der Waals surface area contributed by atoms with E-state index in [1.54, 1.807) is 0 Å². The second-order valence-electron chi connectivity index (χ2n) is 5.51. The minimum atomic E-state index is -0.218. The topological polar surface area (TPSA) is 42.1 Å². The summed E-state index contributed by atoms with van der Waals surface area (Å²) in [5.74, 6) is 0.267. The Kier molecular flexibility index (Phi) is 3.77. The highest BCUT2D eigenvalue weighted by Gasteiger charge is 2.26. The molecule has 1 saturated carbocycles. The molecule has 1 aromatic carbocycles. The van der Waals surface area contributed by atoms with E-state index in [0.717, 1.165) is 5.52 Å². The van der Waals surface area contributed by atoms with Crippen molar-refractivity contribution in [2.24, 2.45) is 0 Å². The van der Waals surface area contributed by atoms with Crippen LogP contribution in [-0.4, -0.2) is 17.6 Å². The molecule has 0 bridgehead atoms. The van der Waals surface area contributed by atoms with Crippen LogP contribution in [0.25, 0.3) is 10.9 Å². The van der Waals surface area contributed by atoms with Crippen LogP contribution in [-0.2, 0) is 4.74 Å². The van der Waals surface area contributed by atoms with Gasteiger partial charge in [-0.1, -0.05) is 37.5 Å². The molecule has 0 spiro atoms. The number of benzene rings is 1. The van der Waals surface area contributed by atoms with Crippen LogP contribution in [0.15, 0.2) is 24.3 Å². The van der Waals surface area contributed by atoms with Gasteiger partial charge in [-0.05, 0) is 37.3 Å². The summed E-state index contributed by atoms with van der Waals surface area (Å²) in [6.07, 6.45) is 6.18. The molecule has 1 aliphatic rings. The lowest BCUT2D eigenvalue weighted by Gasteiger charge is -2.22. The Morgan fingerprint density at radius 3 is 2.75 bits per heavy atom. The first-order chi connectivity index (χ1) is 9.81. The summed E-state index contributed by atoms with van der Waals surface area (Å²) >= 11 is 0. The number of hydrogen-bond donors (Lipinski definition) is 1. The molecule has 0 unspecified atom stereocenters. The summed E-state index contributed by atoms with van der Waals surface area (Å²) in [4.78, 5) is 15.5. The van der Waals surface area contributed by atoms with E-state index in [9.17, 15) is 4.79 Å². The van der Waals surface area contributed by atoms with E-state index in [1.807, 2.05) is 25.1 Å². The maximum absolute atomic E-state index is 12.2. The molecule has 0 saturated heterocycles. The van der Waals surface area contributed by atoms with Crippen molar-refractivity contribution in [2.45, 2.75) is 44.9 Å². The largest absolute Gasteiger partial charge is 0.461 e. The molecule has 1 aliphatic carbocycles. The molecule has 1 fully saturated rings. The van der Waals surface area contributed by atoms with E-state index in [1.165, 1.54) is 43.1 Å². The maximum Gasteiger partial charge on any atom is 0.355 e. The molecular formula is C17H21NO2. The third kappa shape index (κ3) is 2.33. The van der Waals surface area contributed by atoms with Gasteiger partial charge in [0, 0.05) is 10.9 Å². The van der Waals surface area contributed by atoms with Gasteiger partial charge < -0.3 is 9.72 Å². The molecule has 20 heavy (non-hydrogen) atoms. The Morgan fingerprint density at radius 1 is 1.25 bits per heavy atom. The zero-order chi connectivity index (χ0) is 13.9. The average molecular weight is 271 g/mol. The van der Waals surface area contributed by atoms with Gasteiger partial charge in [0.15, 0.2) is 0 Å². The maximum atomic E-state index is 12.2. The Bertz CT molecular complexity index is 608. The lowest BCUT2D eigenvalue weighted by atomic mass is 9.82. The van der Waals surface area contributed by atoms with Gasteiger partial charge in [0.2, 0.25) is 0 Å². The van der Waals surface area contributed by atoms with Crippen molar-refractivity contribution in [1.82, 2.24) is 4.98 Å². The zero-order valence-electron chi connectivity index (χ0n) is 11.9. The highest BCUT2D eigenvalue weighted by Crippen LogP contribution is 2.38. The highest BCUT2D eigenvalue weighted by atomic mass is 16.5. The van der Waals surface area contributed by atoms with E-state index < -0.39 is 0 Å². The number of carbonyl (C=O) groups is 1. The smallest absolute Gasteiger partial charge is 0.355 e. The van der Waals surface area contributed by atoms with E-state index in [2.05, 4.69) is 11.1 Å². The molecule has 0 radical (unpaired) electrons. The van der Waals surface area contributed by atoms with Gasteiger partial charge in [-0.2, -0.15) is 0 Å². The fourth-order valence-electron chi connectivity index (χ4n) is 3.34. The van der Waals surface area contributed by atoms with E-state index in [4.69, 9.17) is 4.74 Å². The molecular weight excluding hydrogens is 250 g/mol. The number of H-pyrrole nitrogens is 1. The molecule has 3 heteroatoms. The van der Waals surface area contributed by atoms with Gasteiger partial charge in [0.25, 0.3) is 0 Å². The summed E-state index contributed by atoms with van der Waals surface area (Å²) in [6.45, 7) is 2.26. The standard InChI is InChI=1S/C17H21NO2/c1-2-20-17(19)16-15(12-8-4-3-5-9-12)13-10-6-7-11-14(13)18-16/h6-7,10-12,18H,2-5,8-9H2,1H3. The molecule has 0 amide bonds. The van der Waals surface area contributed by atoms with Crippen LogP contribution >= 0.6 is 0 Å². The van der Waals surface area contributed by atoms with Crippen LogP contribution in [0.3, 0.4) is 0 Å². The number of aromatic amines is 1. The van der Waals surface area contributed by atoms with Crippen molar-refractivity contribution in [1.29, 1.82) is 0 Å². The van der Waals surface area contributed by atoms with Crippen molar-refractivity contribution in [3.63, 3.8) is 0 Å². The predicted octanol–water partition coefficient (Wildman–Crippen LogP) is 4.39. The first kappa shape index (κ1) is 13.2. The summed E-state index contributed by atoms with van der Waals surface area (Å²) in [5.41, 5.74) is 2.88. The van der Waals surface area contributed by atoms with Crippen molar-refractivity contribution in [3.05, 3.63) is 35.5 Å². The fourth-order valence-corrected chi connectivity index (χ4v) is 3.34. The highest BCUT2D eigenvalue weighted by molar-refractivity contribution is 5.98. The van der Waals surface area contributed by atoms with Gasteiger partial charge in [0.05, 0.1) is 6.61 Å². The number of hydrogen-bond acceptors (Lipinski definition) is 2. The molecule has 2 aromatic rings. The van der Waals surface area contributed by atoms with E-state index >= 15 is 0 Å². The lowest BCUT2D eigenvalue weighted by Crippen LogP contribution is -2.12. The normalized spacial score (nSPS) is 16.4. The van der Waals surface area contributed by atoms with Crippen LogP contribution < -0.4 is 0 Å². The molecule has 3 nitrogen and oxygen atoms in total. The Morgan fingerprint density at radius 2 is 2.00 bits per heavy atom. The number of para-hydroxylation sites is 1. The summed E-state index contributed by atoms with van der Waals surface area (Å²) in [5, 5.41) is 1.18. The zero-order valence-corrected chi connectivity index (χ0v) is 11.9. The van der Waals surface area contributed by atoms with Gasteiger partial charge in [-0.3, -0.25) is 0 Å². The van der Waals surface area contributed by atoms with Gasteiger partial charge in [-0.15, -0.1) is 0 Å². The molecule has 0 aliphatic heterocycles. The lowest BCUT2D eigenvalue weighted by molar-refractivity contribution is 0.0518. The molecule has 3 rings (SSSR count). The van der Waals surface area contributed by atoms with Gasteiger partial charge in [-0.25, -0.2) is 4.79 Å². The van der Waals surface area contributed by atoms with Gasteiger partial charge >= 0.3 is 5.97 Å². The Balaban J connectivity index is 2.09. The second-order valence-corrected chi connectivity index (χ2v) is 5.51. The fraction of sp³-hybridized carbons (Fsp3) is 0.471. The number of rotatable bonds is 3. The third-order valence-corrected chi connectivity index (χ3v) is 4.24. The van der Waals surface area contributed by atoms with Crippen LogP contribution in [0.4, 0.5) is 0 Å². The van der Waals surface area contributed by atoms with Crippen molar-refractivity contribution in [3.8, 4) is 0 Å². The van der Waals surface area contributed by atoms with Crippen molar-refractivity contribution in [2.75, 3.05) is 6.61 Å². The number of esters is 1. The van der Waals surface area contributed by atoms with Crippen LogP contribution in [0, 0.1) is 0 Å². The quantitative estimate of drug-likeness (QED) is 0.841. The second kappa shape index (κ2) is 5.70. The molecule has 1 heterocycles. The first-order valence-corrected chi connectivity index (χ1v) is 7.59. The van der Waals surface area contributed by atoms with Crippen LogP contribution in [0.1, 0.15) is 61.0 Å². The first-order valence-electron chi connectivity index (χ1n) is 7.59. The molecule has 106 valence electrons. The monoisotopic (exact) mass is 271 g/mol. The minimum absolute atomic E-state index is 0.218. The number of fused-ring (bicyclic) bond motifs is 1. The molecule has 0 atom stereocenters. The summed E-state index contributed by atoms with van der Waals surface area (Å²) in [7, 11) is 0. The van der Waals surface area contributed by atoms with Crippen LogP contribution in [0.5, 0.6) is 0 Å². The number of aromatic nitrogens is 1. The minimum Gasteiger partial charge on any atom is -0.461 e. The van der Waals surface area contributed by atoms with E-state index in [-0.39, 0.29) is 5.97 Å². The number of carbonyl (C=O) groups excluding carboxylic acids is 1. The molecule has 1 N–H and O–H groups in total. The third-order valence-electron chi connectivity index (χ3n) is 4.24. The SMILES string of the molecule is CCOC(=O)c1[nH]c2ccccc2c1C1CCCCC1. The van der Waals surface area contributed by atoms with Gasteiger partial charge in [0.1, 0.15) is 5.69 Å². The number of nitrogens with one attached hydrogen (secondary N) is 1. The predicted molar refractivity (Wildman–Crippen MR) is 80.1 cm³/mol. The molecule has 1 aromatic heterocycles. The van der Waals surface area contributed by atoms with E-state index in [0.29, 0.717) is 18.2 Å². The summed E-state index contributed by atoms with van der Waals surface area (Å²) in [6, 6.07) is 8.18. The number of ether oxygens (including phenoxy) is 1. The van der Waals surface area contributed by atoms with Crippen LogP contribution in [0.2, 0.25) is 0 Å². The Hall–Kier alpha value is -1.77. The Labute approximate surface area is 119 Å². The summed E-state index contributed by atoms with van der Waals surface area (Å²) < 4.78 is 5.22. The van der Waals surface area contributed by atoms with Crippen molar-refractivity contribution >= 4 is 16.9 Å². The van der Waals surface area contributed by atoms with Crippen molar-refractivity contribution < 1.29 is 9.53 Å². The average Bonchev–Trinajstić information content (AvgIpc) is 2.88.